The van der Waals surface area contributed by atoms with Crippen LogP contribution in [0.2, 0.25) is 0 Å². The van der Waals surface area contributed by atoms with Crippen molar-refractivity contribution in [3.05, 3.63) is 35.8 Å². The Morgan fingerprint density at radius 1 is 1.37 bits per heavy atom. The lowest BCUT2D eigenvalue weighted by Gasteiger charge is -2.07. The van der Waals surface area contributed by atoms with E-state index in [1.807, 2.05) is 0 Å². The van der Waals surface area contributed by atoms with Crippen LogP contribution in [0, 0.1) is 11.7 Å². The monoisotopic (exact) mass is 263 g/mol. The molecule has 4 heteroatoms. The Labute approximate surface area is 111 Å². The summed E-state index contributed by atoms with van der Waals surface area (Å²) >= 11 is 0. The first kappa shape index (κ1) is 13.7. The zero-order chi connectivity index (χ0) is 13.8. The molecule has 0 spiro atoms. The molecule has 1 atom stereocenters. The first-order valence-corrected chi connectivity index (χ1v) is 6.52. The first-order valence-electron chi connectivity index (χ1n) is 6.52. The molecule has 1 aromatic carbocycles. The fourth-order valence-electron chi connectivity index (χ4n) is 2.08. The van der Waals surface area contributed by atoms with E-state index >= 15 is 0 Å². The lowest BCUT2D eigenvalue weighted by Crippen LogP contribution is -2.07. The maximum absolute atomic E-state index is 13.0. The van der Waals surface area contributed by atoms with Crippen LogP contribution in [0.5, 0.6) is 0 Å². The van der Waals surface area contributed by atoms with E-state index in [0.717, 1.165) is 12.8 Å². The summed E-state index contributed by atoms with van der Waals surface area (Å²) < 4.78 is 18.5. The molecule has 0 aliphatic heterocycles. The molecule has 0 bridgehead atoms. The fraction of sp³-hybridized carbons (Fsp3) is 0.400. The lowest BCUT2D eigenvalue weighted by atomic mass is 9.99. The number of rotatable bonds is 6. The highest BCUT2D eigenvalue weighted by Gasteiger charge is 2.14. The summed E-state index contributed by atoms with van der Waals surface area (Å²) in [5, 5.41) is 0.623. The minimum absolute atomic E-state index is 0.0412. The second-order valence-electron chi connectivity index (χ2n) is 4.94. The molecule has 0 fully saturated rings. The predicted molar refractivity (Wildman–Crippen MR) is 72.6 cm³/mol. The Hall–Kier alpha value is -1.68. The highest BCUT2D eigenvalue weighted by atomic mass is 19.1. The van der Waals surface area contributed by atoms with Gasteiger partial charge in [0.25, 0.3) is 0 Å². The van der Waals surface area contributed by atoms with Gasteiger partial charge in [-0.3, -0.25) is 4.79 Å². The molecule has 1 unspecified atom stereocenters. The molecule has 0 saturated heterocycles. The van der Waals surface area contributed by atoms with Crippen LogP contribution in [0.3, 0.4) is 0 Å². The van der Waals surface area contributed by atoms with Crippen molar-refractivity contribution in [1.82, 2.24) is 0 Å². The van der Waals surface area contributed by atoms with Crippen molar-refractivity contribution in [2.45, 2.75) is 26.2 Å². The van der Waals surface area contributed by atoms with Gasteiger partial charge < -0.3 is 10.2 Å². The van der Waals surface area contributed by atoms with Gasteiger partial charge in [-0.25, -0.2) is 4.39 Å². The van der Waals surface area contributed by atoms with Crippen molar-refractivity contribution in [2.24, 2.45) is 11.7 Å². The Morgan fingerprint density at radius 3 is 2.89 bits per heavy atom. The topological polar surface area (TPSA) is 56.2 Å². The number of carbonyl (C=O) groups is 1. The summed E-state index contributed by atoms with van der Waals surface area (Å²) in [5.74, 6) is 0.362. The third kappa shape index (κ3) is 3.41. The third-order valence-corrected chi connectivity index (χ3v) is 3.28. The number of Topliss-reactive ketones (excluding diaryl/α,β-unsaturated/α-hetero) is 1. The molecule has 0 radical (unpaired) electrons. The minimum Gasteiger partial charge on any atom is -0.453 e. The summed E-state index contributed by atoms with van der Waals surface area (Å²) in [4.78, 5) is 12.0. The Bertz CT molecular complexity index is 577. The van der Waals surface area contributed by atoms with Gasteiger partial charge in [-0.05, 0) is 49.6 Å². The fourth-order valence-corrected chi connectivity index (χ4v) is 2.08. The summed E-state index contributed by atoms with van der Waals surface area (Å²) in [6.45, 7) is 2.72. The number of halogens is 1. The molecule has 2 rings (SSSR count). The molecule has 102 valence electrons. The molecule has 1 aromatic heterocycles. The molecule has 0 aliphatic carbocycles. The van der Waals surface area contributed by atoms with Crippen molar-refractivity contribution >= 4 is 16.8 Å². The van der Waals surface area contributed by atoms with Crippen molar-refractivity contribution in [1.29, 1.82) is 0 Å². The quantitative estimate of drug-likeness (QED) is 0.811. The Morgan fingerprint density at radius 2 is 2.16 bits per heavy atom. The smallest absolute Gasteiger partial charge is 0.198 e. The van der Waals surface area contributed by atoms with Gasteiger partial charge in [-0.2, -0.15) is 0 Å². The standard InChI is InChI=1S/C15H18FNO2/c1-10(6-7-17)2-4-13(18)15-9-11-8-12(16)3-5-14(11)19-15/h3,5,8-10H,2,4,6-7,17H2,1H3. The van der Waals surface area contributed by atoms with Gasteiger partial charge >= 0.3 is 0 Å². The Balaban J connectivity index is 2.05. The third-order valence-electron chi connectivity index (χ3n) is 3.28. The highest BCUT2D eigenvalue weighted by molar-refractivity contribution is 5.97. The first-order chi connectivity index (χ1) is 9.10. The molecule has 0 aliphatic rings. The number of ketones is 1. The van der Waals surface area contributed by atoms with E-state index in [1.165, 1.54) is 12.1 Å². The van der Waals surface area contributed by atoms with E-state index in [1.54, 1.807) is 12.1 Å². The maximum atomic E-state index is 13.0. The van der Waals surface area contributed by atoms with E-state index in [4.69, 9.17) is 10.2 Å². The average Bonchev–Trinajstić information content (AvgIpc) is 2.79. The number of benzene rings is 1. The van der Waals surface area contributed by atoms with Crippen LogP contribution in [-0.4, -0.2) is 12.3 Å². The zero-order valence-corrected chi connectivity index (χ0v) is 11.0. The SMILES string of the molecule is CC(CCN)CCC(=O)c1cc2cc(F)ccc2o1. The van der Waals surface area contributed by atoms with Crippen LogP contribution in [-0.2, 0) is 0 Å². The maximum Gasteiger partial charge on any atom is 0.198 e. The number of hydrogen-bond donors (Lipinski definition) is 1. The molecule has 19 heavy (non-hydrogen) atoms. The van der Waals surface area contributed by atoms with Crippen molar-refractivity contribution < 1.29 is 13.6 Å². The van der Waals surface area contributed by atoms with Crippen molar-refractivity contribution in [3.63, 3.8) is 0 Å². The van der Waals surface area contributed by atoms with E-state index in [0.29, 0.717) is 35.6 Å². The second-order valence-corrected chi connectivity index (χ2v) is 4.94. The van der Waals surface area contributed by atoms with Crippen LogP contribution < -0.4 is 5.73 Å². The highest BCUT2D eigenvalue weighted by Crippen LogP contribution is 2.22. The summed E-state index contributed by atoms with van der Waals surface area (Å²) in [6, 6.07) is 5.84. The van der Waals surface area contributed by atoms with Gasteiger partial charge in [0.2, 0.25) is 0 Å². The van der Waals surface area contributed by atoms with Crippen molar-refractivity contribution in [3.8, 4) is 0 Å². The number of hydrogen-bond acceptors (Lipinski definition) is 3. The van der Waals surface area contributed by atoms with Gasteiger partial charge in [-0.15, -0.1) is 0 Å². The van der Waals surface area contributed by atoms with Crippen LogP contribution in [0.15, 0.2) is 28.7 Å². The molecular formula is C15H18FNO2. The van der Waals surface area contributed by atoms with E-state index < -0.39 is 0 Å². The molecular weight excluding hydrogens is 245 g/mol. The minimum atomic E-state index is -0.330. The van der Waals surface area contributed by atoms with E-state index in [-0.39, 0.29) is 11.6 Å². The predicted octanol–water partition coefficient (Wildman–Crippen LogP) is 3.52. The van der Waals surface area contributed by atoms with Gasteiger partial charge in [0.1, 0.15) is 11.4 Å². The van der Waals surface area contributed by atoms with Gasteiger partial charge in [0, 0.05) is 11.8 Å². The second kappa shape index (κ2) is 5.97. The molecule has 0 saturated carbocycles. The normalized spacial score (nSPS) is 12.8. The van der Waals surface area contributed by atoms with Crippen LogP contribution in [0.25, 0.3) is 11.0 Å². The van der Waals surface area contributed by atoms with Gasteiger partial charge in [0.15, 0.2) is 11.5 Å². The largest absolute Gasteiger partial charge is 0.453 e. The van der Waals surface area contributed by atoms with Crippen LogP contribution in [0.1, 0.15) is 36.7 Å². The van der Waals surface area contributed by atoms with Gasteiger partial charge in [-0.1, -0.05) is 6.92 Å². The molecule has 1 heterocycles. The molecule has 2 N–H and O–H groups in total. The number of furan rings is 1. The number of carbonyl (C=O) groups excluding carboxylic acids is 1. The zero-order valence-electron chi connectivity index (χ0n) is 11.0. The molecule has 2 aromatic rings. The summed E-state index contributed by atoms with van der Waals surface area (Å²) in [6.07, 6.45) is 2.14. The summed E-state index contributed by atoms with van der Waals surface area (Å²) in [5.41, 5.74) is 6.01. The van der Waals surface area contributed by atoms with E-state index in [2.05, 4.69) is 6.92 Å². The van der Waals surface area contributed by atoms with E-state index in [9.17, 15) is 9.18 Å². The molecule has 3 nitrogen and oxygen atoms in total. The Kier molecular flexibility index (Phi) is 4.32. The van der Waals surface area contributed by atoms with Crippen molar-refractivity contribution in [2.75, 3.05) is 6.54 Å². The number of nitrogens with two attached hydrogens (primary N) is 1. The lowest BCUT2D eigenvalue weighted by molar-refractivity contribution is 0.0949. The van der Waals surface area contributed by atoms with Crippen LogP contribution in [0.4, 0.5) is 4.39 Å². The number of fused-ring (bicyclic) bond motifs is 1. The van der Waals surface area contributed by atoms with Crippen LogP contribution >= 0.6 is 0 Å². The van der Waals surface area contributed by atoms with Gasteiger partial charge in [0.05, 0.1) is 0 Å². The average molecular weight is 263 g/mol. The molecule has 0 amide bonds. The summed E-state index contributed by atoms with van der Waals surface area (Å²) in [7, 11) is 0.